The molecule has 0 spiro atoms. The van der Waals surface area contributed by atoms with E-state index in [0.29, 0.717) is 5.56 Å². The van der Waals surface area contributed by atoms with Crippen molar-refractivity contribution in [3.05, 3.63) is 34.3 Å². The molecule has 1 aliphatic heterocycles. The van der Waals surface area contributed by atoms with Gasteiger partial charge in [-0.2, -0.15) is 0 Å². The van der Waals surface area contributed by atoms with Crippen molar-refractivity contribution in [3.63, 3.8) is 0 Å². The maximum Gasteiger partial charge on any atom is 0.252 e. The van der Waals surface area contributed by atoms with Gasteiger partial charge in [0, 0.05) is 23.1 Å². The molecule has 20 heavy (non-hydrogen) atoms. The van der Waals surface area contributed by atoms with Crippen LogP contribution >= 0.6 is 50.7 Å². The number of carbonyl (C=O) groups excluding carboxylic acids is 1. The third-order valence-corrected chi connectivity index (χ3v) is 4.34. The Morgan fingerprint density at radius 1 is 1.20 bits per heavy atom. The Balaban J connectivity index is 2.11. The Morgan fingerprint density at radius 2 is 1.75 bits per heavy atom. The highest BCUT2D eigenvalue weighted by Crippen LogP contribution is 2.33. The van der Waals surface area contributed by atoms with Crippen molar-refractivity contribution in [1.82, 2.24) is 10.2 Å². The average Bonchev–Trinajstić information content (AvgIpc) is 2.88. The van der Waals surface area contributed by atoms with Crippen molar-refractivity contribution in [3.8, 4) is 0 Å². The van der Waals surface area contributed by atoms with Crippen LogP contribution in [0.1, 0.15) is 23.2 Å². The summed E-state index contributed by atoms with van der Waals surface area (Å²) in [6.07, 6.45) is 1.47. The van der Waals surface area contributed by atoms with Crippen LogP contribution in [0.3, 0.4) is 0 Å². The molecule has 1 aromatic carbocycles. The van der Waals surface area contributed by atoms with E-state index in [2.05, 4.69) is 21.2 Å². The summed E-state index contributed by atoms with van der Waals surface area (Å²) in [4.78, 5) is 14.2. The lowest BCUT2D eigenvalue weighted by atomic mass is 10.2. The van der Waals surface area contributed by atoms with E-state index >= 15 is 0 Å². The first-order chi connectivity index (χ1) is 9.38. The van der Waals surface area contributed by atoms with Crippen molar-refractivity contribution < 1.29 is 4.79 Å². The van der Waals surface area contributed by atoms with Crippen LogP contribution in [0.4, 0.5) is 0 Å². The third-order valence-electron chi connectivity index (χ3n) is 3.19. The lowest BCUT2D eigenvalue weighted by molar-refractivity contribution is 0.0874. The van der Waals surface area contributed by atoms with Gasteiger partial charge in [-0.1, -0.05) is 50.7 Å². The molecule has 1 N–H and O–H groups in total. The van der Waals surface area contributed by atoms with Crippen LogP contribution in [0, 0.1) is 0 Å². The summed E-state index contributed by atoms with van der Waals surface area (Å²) in [5.41, 5.74) is 0.534. The van der Waals surface area contributed by atoms with E-state index in [1.165, 1.54) is 0 Å². The monoisotopic (exact) mass is 398 g/mol. The zero-order valence-corrected chi connectivity index (χ0v) is 14.4. The highest BCUT2D eigenvalue weighted by atomic mass is 79.9. The molecule has 0 unspecified atom stereocenters. The predicted molar refractivity (Wildman–Crippen MR) is 86.5 cm³/mol. The molecule has 7 heteroatoms. The number of nitrogens with zero attached hydrogens (tertiary/aromatic N) is 1. The Kier molecular flexibility index (Phi) is 5.60. The SMILES string of the molecule is O=C(N[C@@H](N1CCCC1)C(Cl)(Cl)Cl)c1ccc(Br)cc1. The molecular formula is C13H14BrCl3N2O. The van der Waals surface area contributed by atoms with E-state index in [9.17, 15) is 4.79 Å². The van der Waals surface area contributed by atoms with Crippen molar-refractivity contribution in [2.45, 2.75) is 22.8 Å². The Bertz CT molecular complexity index is 469. The summed E-state index contributed by atoms with van der Waals surface area (Å²) in [6, 6.07) is 7.04. The summed E-state index contributed by atoms with van der Waals surface area (Å²) in [6.45, 7) is 1.64. The van der Waals surface area contributed by atoms with Gasteiger partial charge in [0.05, 0.1) is 0 Å². The fourth-order valence-electron chi connectivity index (χ4n) is 2.19. The number of alkyl halides is 3. The van der Waals surface area contributed by atoms with Crippen LogP contribution in [0.2, 0.25) is 0 Å². The van der Waals surface area contributed by atoms with E-state index in [1.807, 2.05) is 4.90 Å². The van der Waals surface area contributed by atoms with Gasteiger partial charge in [-0.3, -0.25) is 9.69 Å². The number of benzene rings is 1. The molecule has 110 valence electrons. The lowest BCUT2D eigenvalue weighted by Gasteiger charge is -2.33. The molecule has 0 aromatic heterocycles. The minimum Gasteiger partial charge on any atom is -0.332 e. The smallest absolute Gasteiger partial charge is 0.252 e. The van der Waals surface area contributed by atoms with E-state index in [-0.39, 0.29) is 5.91 Å². The van der Waals surface area contributed by atoms with Crippen LogP contribution in [0.25, 0.3) is 0 Å². The molecule has 1 atom stereocenters. The third kappa shape index (κ3) is 4.25. The minimum absolute atomic E-state index is 0.249. The Hall–Kier alpha value is -0.000000000000000167. The van der Waals surface area contributed by atoms with Gasteiger partial charge in [-0.05, 0) is 37.1 Å². The number of halogens is 4. The quantitative estimate of drug-likeness (QED) is 0.779. The maximum absolute atomic E-state index is 12.2. The van der Waals surface area contributed by atoms with E-state index in [1.54, 1.807) is 24.3 Å². The summed E-state index contributed by atoms with van der Waals surface area (Å²) in [5.74, 6) is -0.249. The van der Waals surface area contributed by atoms with Crippen molar-refractivity contribution in [2.75, 3.05) is 13.1 Å². The molecule has 0 radical (unpaired) electrons. The first-order valence-corrected chi connectivity index (χ1v) is 8.18. The second-order valence-corrected chi connectivity index (χ2v) is 7.95. The molecule has 0 saturated carbocycles. The second-order valence-electron chi connectivity index (χ2n) is 4.67. The zero-order valence-electron chi connectivity index (χ0n) is 10.6. The zero-order chi connectivity index (χ0) is 14.8. The second kappa shape index (κ2) is 6.84. The number of likely N-dealkylation sites (tertiary alicyclic amines) is 1. The number of rotatable bonds is 3. The highest BCUT2D eigenvalue weighted by Gasteiger charge is 2.39. The molecule has 0 aliphatic carbocycles. The first-order valence-electron chi connectivity index (χ1n) is 6.25. The van der Waals surface area contributed by atoms with Crippen LogP contribution in [0.15, 0.2) is 28.7 Å². The Labute approximate surface area is 141 Å². The van der Waals surface area contributed by atoms with E-state index in [4.69, 9.17) is 34.8 Å². The average molecular weight is 401 g/mol. The van der Waals surface area contributed by atoms with Gasteiger partial charge in [-0.25, -0.2) is 0 Å². The van der Waals surface area contributed by atoms with Gasteiger partial charge in [0.1, 0.15) is 6.17 Å². The molecule has 2 rings (SSSR count). The minimum atomic E-state index is -1.56. The molecular weight excluding hydrogens is 386 g/mol. The van der Waals surface area contributed by atoms with Crippen molar-refractivity contribution in [1.29, 1.82) is 0 Å². The predicted octanol–water partition coefficient (Wildman–Crippen LogP) is 3.97. The standard InChI is InChI=1S/C13H14BrCl3N2O/c14-10-5-3-9(4-6-10)11(20)18-12(13(15,16)17)19-7-1-2-8-19/h3-6,12H,1-2,7-8H2,(H,18,20)/t12-/m0/s1. The summed E-state index contributed by atoms with van der Waals surface area (Å²) in [7, 11) is 0. The number of nitrogens with one attached hydrogen (secondary N) is 1. The molecule has 1 heterocycles. The molecule has 1 saturated heterocycles. The normalized spacial score (nSPS) is 18.0. The van der Waals surface area contributed by atoms with Crippen molar-refractivity contribution >= 4 is 56.6 Å². The number of hydrogen-bond acceptors (Lipinski definition) is 2. The molecule has 3 nitrogen and oxygen atoms in total. The van der Waals surface area contributed by atoms with Gasteiger partial charge >= 0.3 is 0 Å². The van der Waals surface area contributed by atoms with Gasteiger partial charge in [0.15, 0.2) is 0 Å². The molecule has 1 aromatic rings. The van der Waals surface area contributed by atoms with Gasteiger partial charge < -0.3 is 5.32 Å². The lowest BCUT2D eigenvalue weighted by Crippen LogP contribution is -2.54. The fourth-order valence-corrected chi connectivity index (χ4v) is 3.03. The fraction of sp³-hybridized carbons (Fsp3) is 0.462. The van der Waals surface area contributed by atoms with E-state index in [0.717, 1.165) is 30.4 Å². The van der Waals surface area contributed by atoms with Crippen LogP contribution in [0.5, 0.6) is 0 Å². The molecule has 1 fully saturated rings. The largest absolute Gasteiger partial charge is 0.332 e. The summed E-state index contributed by atoms with van der Waals surface area (Å²) < 4.78 is -0.651. The summed E-state index contributed by atoms with van der Waals surface area (Å²) in [5, 5.41) is 2.81. The number of amides is 1. The van der Waals surface area contributed by atoms with Crippen LogP contribution in [-0.2, 0) is 0 Å². The topological polar surface area (TPSA) is 32.3 Å². The number of hydrogen-bond donors (Lipinski definition) is 1. The van der Waals surface area contributed by atoms with Gasteiger partial charge in [0.25, 0.3) is 5.91 Å². The van der Waals surface area contributed by atoms with Gasteiger partial charge in [0.2, 0.25) is 3.79 Å². The van der Waals surface area contributed by atoms with Gasteiger partial charge in [-0.15, -0.1) is 0 Å². The molecule has 0 bridgehead atoms. The number of carbonyl (C=O) groups is 1. The van der Waals surface area contributed by atoms with Crippen molar-refractivity contribution in [2.24, 2.45) is 0 Å². The van der Waals surface area contributed by atoms with Crippen LogP contribution < -0.4 is 5.32 Å². The Morgan fingerprint density at radius 3 is 2.25 bits per heavy atom. The first kappa shape index (κ1) is 16.4. The molecule has 1 aliphatic rings. The van der Waals surface area contributed by atoms with E-state index < -0.39 is 9.96 Å². The summed E-state index contributed by atoms with van der Waals surface area (Å²) >= 11 is 21.3. The molecule has 1 amide bonds. The highest BCUT2D eigenvalue weighted by molar-refractivity contribution is 9.10. The van der Waals surface area contributed by atoms with Crippen LogP contribution in [-0.4, -0.2) is 33.9 Å². The maximum atomic E-state index is 12.2.